The fraction of sp³-hybridized carbons (Fsp3) is 0.241. The Balaban J connectivity index is 1.44. The summed E-state index contributed by atoms with van der Waals surface area (Å²) in [4.78, 5) is 14.6. The van der Waals surface area contributed by atoms with Crippen LogP contribution < -0.4 is 14.9 Å². The molecular weight excluding hydrogens is 532 g/mol. The molecule has 0 bridgehead atoms. The van der Waals surface area contributed by atoms with E-state index in [1.165, 1.54) is 7.11 Å². The highest BCUT2D eigenvalue weighted by atomic mass is 32.2. The molecule has 1 aliphatic rings. The molecule has 2 N–H and O–H groups in total. The summed E-state index contributed by atoms with van der Waals surface area (Å²) in [6, 6.07) is 19.8. The minimum Gasteiger partial charge on any atom is -0.465 e. The lowest BCUT2D eigenvalue weighted by molar-refractivity contribution is 0.0599. The molecule has 3 aromatic carbocycles. The molecule has 1 atom stereocenters. The number of carbonyl (C=O) groups excluding carboxylic acids is 1. The first-order chi connectivity index (χ1) is 19.2. The molecule has 0 saturated carbocycles. The summed E-state index contributed by atoms with van der Waals surface area (Å²) in [5.74, 6) is -0.337. The number of nitrogens with one attached hydrogen (secondary N) is 2. The average Bonchev–Trinajstić information content (AvgIpc) is 3.47. The lowest BCUT2D eigenvalue weighted by atomic mass is 10.0. The molecule has 4 aromatic rings. The third-order valence-corrected chi connectivity index (χ3v) is 8.18. The van der Waals surface area contributed by atoms with Crippen LogP contribution in [-0.2, 0) is 26.0 Å². The smallest absolute Gasteiger partial charge is 0.340 e. The molecule has 10 nitrogen and oxygen atoms in total. The Kier molecular flexibility index (Phi) is 7.51. The standard InChI is InChI=1S/C29H30N4O6S/c1-5-38-29-30-24-11-8-10-23(28(34)37-4)26(24)33(29)17-20-13-15-21(16-14-20)22-9-6-7-12-25(22)40(35,36)32-27-18(2)19(3)31-39-27/h6-16,29-30,32H,5,17H2,1-4H3. The zero-order valence-corrected chi connectivity index (χ0v) is 23.4. The third kappa shape index (κ3) is 5.13. The van der Waals surface area contributed by atoms with Crippen LogP contribution in [0.25, 0.3) is 11.1 Å². The molecule has 0 saturated heterocycles. The molecule has 0 aliphatic carbocycles. The lowest BCUT2D eigenvalue weighted by Gasteiger charge is -2.27. The van der Waals surface area contributed by atoms with E-state index in [1.54, 1.807) is 50.2 Å². The summed E-state index contributed by atoms with van der Waals surface area (Å²) < 4.78 is 45.2. The van der Waals surface area contributed by atoms with Crippen molar-refractivity contribution in [2.24, 2.45) is 0 Å². The van der Waals surface area contributed by atoms with Crippen LogP contribution in [0.1, 0.15) is 34.1 Å². The predicted molar refractivity (Wildman–Crippen MR) is 152 cm³/mol. The van der Waals surface area contributed by atoms with Crippen LogP contribution in [0.15, 0.2) is 76.1 Å². The van der Waals surface area contributed by atoms with Crippen molar-refractivity contribution in [3.63, 3.8) is 0 Å². The van der Waals surface area contributed by atoms with E-state index in [2.05, 4.69) is 15.2 Å². The van der Waals surface area contributed by atoms with Gasteiger partial charge in [-0.3, -0.25) is 0 Å². The van der Waals surface area contributed by atoms with Gasteiger partial charge in [0, 0.05) is 24.3 Å². The Labute approximate surface area is 232 Å². The number of esters is 1. The molecule has 40 heavy (non-hydrogen) atoms. The second-order valence-electron chi connectivity index (χ2n) is 9.29. The number of carbonyl (C=O) groups is 1. The minimum atomic E-state index is -3.95. The molecule has 208 valence electrons. The Morgan fingerprint density at radius 2 is 1.82 bits per heavy atom. The van der Waals surface area contributed by atoms with Gasteiger partial charge in [-0.25, -0.2) is 17.9 Å². The van der Waals surface area contributed by atoms with Crippen molar-refractivity contribution in [2.45, 2.75) is 38.6 Å². The number of benzene rings is 3. The van der Waals surface area contributed by atoms with Gasteiger partial charge in [0.25, 0.3) is 10.0 Å². The molecule has 11 heteroatoms. The number of para-hydroxylation sites is 1. The van der Waals surface area contributed by atoms with Crippen LogP contribution in [0.3, 0.4) is 0 Å². The number of fused-ring (bicyclic) bond motifs is 1. The van der Waals surface area contributed by atoms with Crippen molar-refractivity contribution < 1.29 is 27.2 Å². The number of nitrogens with zero attached hydrogens (tertiary/aromatic N) is 2. The van der Waals surface area contributed by atoms with Crippen LogP contribution in [0.4, 0.5) is 17.3 Å². The van der Waals surface area contributed by atoms with Crippen LogP contribution in [0.2, 0.25) is 0 Å². The fourth-order valence-electron chi connectivity index (χ4n) is 4.64. The number of sulfonamides is 1. The minimum absolute atomic E-state index is 0.0948. The average molecular weight is 563 g/mol. The van der Waals surface area contributed by atoms with E-state index in [1.807, 2.05) is 42.2 Å². The maximum atomic E-state index is 13.3. The van der Waals surface area contributed by atoms with Gasteiger partial charge < -0.3 is 24.2 Å². The van der Waals surface area contributed by atoms with Gasteiger partial charge >= 0.3 is 5.97 Å². The molecule has 1 unspecified atom stereocenters. The molecule has 1 aliphatic heterocycles. The quantitative estimate of drug-likeness (QED) is 0.262. The topological polar surface area (TPSA) is 123 Å². The van der Waals surface area contributed by atoms with Gasteiger partial charge in [0.15, 0.2) is 0 Å². The van der Waals surface area contributed by atoms with Gasteiger partial charge in [0.05, 0.1) is 34.6 Å². The number of rotatable bonds is 9. The van der Waals surface area contributed by atoms with Crippen molar-refractivity contribution in [2.75, 3.05) is 28.7 Å². The van der Waals surface area contributed by atoms with E-state index in [9.17, 15) is 13.2 Å². The highest BCUT2D eigenvalue weighted by Gasteiger charge is 2.33. The number of hydrogen-bond acceptors (Lipinski definition) is 9. The van der Waals surface area contributed by atoms with Crippen molar-refractivity contribution >= 4 is 33.3 Å². The number of anilines is 3. The summed E-state index contributed by atoms with van der Waals surface area (Å²) in [7, 11) is -2.60. The van der Waals surface area contributed by atoms with Gasteiger partial charge in [-0.1, -0.05) is 53.7 Å². The Bertz CT molecular complexity index is 1650. The predicted octanol–water partition coefficient (Wildman–Crippen LogP) is 5.30. The second-order valence-corrected chi connectivity index (χ2v) is 10.9. The number of aryl methyl sites for hydroxylation is 1. The van der Waals surface area contributed by atoms with Gasteiger partial charge in [-0.15, -0.1) is 0 Å². The number of aromatic nitrogens is 1. The monoisotopic (exact) mass is 562 g/mol. The van der Waals surface area contributed by atoms with Crippen molar-refractivity contribution in [1.82, 2.24) is 5.16 Å². The molecule has 0 amide bonds. The van der Waals surface area contributed by atoms with E-state index in [0.717, 1.165) is 16.8 Å². The summed E-state index contributed by atoms with van der Waals surface area (Å²) in [6.07, 6.45) is -0.467. The SMILES string of the molecule is CCOC1Nc2cccc(C(=O)OC)c2N1Cc1ccc(-c2ccccc2S(=O)(=O)Nc2onc(C)c2C)cc1. The molecular formula is C29H30N4O6S. The van der Waals surface area contributed by atoms with Crippen molar-refractivity contribution in [1.29, 1.82) is 0 Å². The molecule has 1 aromatic heterocycles. The maximum Gasteiger partial charge on any atom is 0.340 e. The van der Waals surface area contributed by atoms with Crippen LogP contribution in [0, 0.1) is 13.8 Å². The van der Waals surface area contributed by atoms with Gasteiger partial charge in [-0.05, 0) is 50.1 Å². The largest absolute Gasteiger partial charge is 0.465 e. The highest BCUT2D eigenvalue weighted by Crippen LogP contribution is 2.39. The van der Waals surface area contributed by atoms with E-state index < -0.39 is 22.3 Å². The summed E-state index contributed by atoms with van der Waals surface area (Å²) >= 11 is 0. The van der Waals surface area contributed by atoms with E-state index in [4.69, 9.17) is 14.0 Å². The molecule has 2 heterocycles. The molecule has 0 spiro atoms. The fourth-order valence-corrected chi connectivity index (χ4v) is 5.91. The second kappa shape index (κ2) is 11.0. The van der Waals surface area contributed by atoms with E-state index in [0.29, 0.717) is 41.2 Å². The summed E-state index contributed by atoms with van der Waals surface area (Å²) in [6.45, 7) is 6.30. The van der Waals surface area contributed by atoms with Gasteiger partial charge in [-0.2, -0.15) is 0 Å². The van der Waals surface area contributed by atoms with Crippen LogP contribution in [0.5, 0.6) is 0 Å². The van der Waals surface area contributed by atoms with E-state index in [-0.39, 0.29) is 10.8 Å². The number of ether oxygens (including phenoxy) is 2. The van der Waals surface area contributed by atoms with Gasteiger partial charge in [0.2, 0.25) is 12.2 Å². The highest BCUT2D eigenvalue weighted by molar-refractivity contribution is 7.92. The first kappa shape index (κ1) is 27.2. The molecule has 0 fully saturated rings. The normalized spacial score (nSPS) is 14.5. The number of hydrogen-bond donors (Lipinski definition) is 2. The maximum absolute atomic E-state index is 13.3. The molecule has 0 radical (unpaired) electrons. The first-order valence-corrected chi connectivity index (χ1v) is 14.2. The Morgan fingerprint density at radius 1 is 1.07 bits per heavy atom. The Morgan fingerprint density at radius 3 is 2.50 bits per heavy atom. The number of methoxy groups -OCH3 is 1. The van der Waals surface area contributed by atoms with Gasteiger partial charge in [0.1, 0.15) is 0 Å². The summed E-state index contributed by atoms with van der Waals surface area (Å²) in [5, 5.41) is 7.15. The molecule has 5 rings (SSSR count). The summed E-state index contributed by atoms with van der Waals surface area (Å²) in [5.41, 5.74) is 5.38. The van der Waals surface area contributed by atoms with Crippen molar-refractivity contribution in [3.8, 4) is 11.1 Å². The van der Waals surface area contributed by atoms with Crippen molar-refractivity contribution in [3.05, 3.63) is 89.1 Å². The zero-order valence-electron chi connectivity index (χ0n) is 22.6. The van der Waals surface area contributed by atoms with Crippen LogP contribution >= 0.6 is 0 Å². The van der Waals surface area contributed by atoms with E-state index >= 15 is 0 Å². The van der Waals surface area contributed by atoms with Crippen LogP contribution in [-0.4, -0.2) is 39.6 Å². The first-order valence-electron chi connectivity index (χ1n) is 12.7. The third-order valence-electron chi connectivity index (χ3n) is 6.79. The Hall–Kier alpha value is -4.35. The lowest BCUT2D eigenvalue weighted by Crippen LogP contribution is -2.38. The zero-order chi connectivity index (χ0) is 28.4.